The first kappa shape index (κ1) is 31.3. The van der Waals surface area contributed by atoms with Crippen molar-refractivity contribution in [1.82, 2.24) is 20.1 Å². The van der Waals surface area contributed by atoms with Crippen LogP contribution in [0.3, 0.4) is 0 Å². The minimum atomic E-state index is -0.922. The summed E-state index contributed by atoms with van der Waals surface area (Å²) >= 11 is 7.90. The number of aryl methyl sites for hydroxylation is 2. The number of hydrogen-bond donors (Lipinski definition) is 3. The second kappa shape index (κ2) is 12.8. The maximum atomic E-state index is 11.8. The van der Waals surface area contributed by atoms with Gasteiger partial charge in [0.25, 0.3) is 0 Å². The van der Waals surface area contributed by atoms with Crippen molar-refractivity contribution in [2.75, 3.05) is 11.9 Å². The number of carbonyl (C=O) groups is 1. The molecule has 1 aliphatic rings. The zero-order chi connectivity index (χ0) is 31.6. The van der Waals surface area contributed by atoms with Gasteiger partial charge in [-0.2, -0.15) is 0 Å². The van der Waals surface area contributed by atoms with Gasteiger partial charge in [-0.1, -0.05) is 35.6 Å². The van der Waals surface area contributed by atoms with Gasteiger partial charge in [-0.15, -0.1) is 21.5 Å². The molecule has 0 saturated carbocycles. The van der Waals surface area contributed by atoms with Crippen LogP contribution in [0.4, 0.5) is 10.5 Å². The smallest absolute Gasteiger partial charge is 0.408 e. The van der Waals surface area contributed by atoms with Crippen molar-refractivity contribution in [3.8, 4) is 16.8 Å². The number of benzene rings is 2. The van der Waals surface area contributed by atoms with E-state index in [1.807, 2.05) is 55.5 Å². The minimum Gasteiger partial charge on any atom is -0.444 e. The lowest BCUT2D eigenvalue weighted by atomic mass is 9.99. The molecule has 0 aliphatic carbocycles. The number of nitrogens with zero attached hydrogens (tertiary/aromatic N) is 4. The first-order valence-electron chi connectivity index (χ1n) is 14.3. The summed E-state index contributed by atoms with van der Waals surface area (Å²) in [5, 5.41) is 27.5. The van der Waals surface area contributed by atoms with E-state index >= 15 is 0 Å². The van der Waals surface area contributed by atoms with E-state index in [9.17, 15) is 9.90 Å². The van der Waals surface area contributed by atoms with Gasteiger partial charge in [0.1, 0.15) is 28.7 Å². The molecule has 2 atom stereocenters. The average Bonchev–Trinajstić information content (AvgIpc) is 3.43. The molecule has 3 heterocycles. The van der Waals surface area contributed by atoms with Gasteiger partial charge in [-0.25, -0.2) is 4.79 Å². The second-order valence-corrected chi connectivity index (χ2v) is 13.2. The Labute approximate surface area is 266 Å². The lowest BCUT2D eigenvalue weighted by Gasteiger charge is -2.19. The normalized spacial score (nSPS) is 14.7. The Balaban J connectivity index is 1.33. The maximum Gasteiger partial charge on any atom is 0.408 e. The quantitative estimate of drug-likeness (QED) is 0.166. The van der Waals surface area contributed by atoms with Gasteiger partial charge in [0, 0.05) is 38.7 Å². The number of fused-ring (bicyclic) bond motifs is 3. The highest BCUT2D eigenvalue weighted by molar-refractivity contribution is 7.15. The van der Waals surface area contributed by atoms with E-state index in [-0.39, 0.29) is 13.0 Å². The van der Waals surface area contributed by atoms with Gasteiger partial charge in [0.15, 0.2) is 5.82 Å². The van der Waals surface area contributed by atoms with E-state index in [0.717, 1.165) is 44.5 Å². The van der Waals surface area contributed by atoms with Crippen LogP contribution in [0, 0.1) is 32.6 Å². The van der Waals surface area contributed by atoms with Crippen molar-refractivity contribution >= 4 is 40.4 Å². The molecule has 228 valence electrons. The summed E-state index contributed by atoms with van der Waals surface area (Å²) < 4.78 is 7.27. The molecule has 3 N–H and O–H groups in total. The minimum absolute atomic E-state index is 0.170. The molecule has 1 amide bonds. The standard InChI is InChI=1S/C33H35ClN6O3S/c1-19-20(2)44-31-28(19)29(23-11-13-24(34)14-12-23)37-26(30-39-38-21(3)40(30)31)18-27(41)36-25-15-9-22(10-16-25)8-7-17-35-32(42)43-33(4,5)6/h9-16,26-27,36,41H,17-18H2,1-6H3,(H,35,42)/t26-,27?/m0/s1. The maximum absolute atomic E-state index is 11.8. The third kappa shape index (κ3) is 7.13. The molecule has 44 heavy (non-hydrogen) atoms. The van der Waals surface area contributed by atoms with E-state index in [2.05, 4.69) is 51.1 Å². The Bertz CT molecular complexity index is 1760. The molecule has 0 radical (unpaired) electrons. The van der Waals surface area contributed by atoms with Gasteiger partial charge in [0.05, 0.1) is 12.3 Å². The van der Waals surface area contributed by atoms with E-state index < -0.39 is 24.0 Å². The Morgan fingerprint density at radius 2 is 1.82 bits per heavy atom. The van der Waals surface area contributed by atoms with Crippen molar-refractivity contribution in [1.29, 1.82) is 0 Å². The fraction of sp³-hybridized carbons (Fsp3) is 0.333. The van der Waals surface area contributed by atoms with E-state index in [1.165, 1.54) is 4.88 Å². The van der Waals surface area contributed by atoms with Crippen molar-refractivity contribution in [3.63, 3.8) is 0 Å². The zero-order valence-electron chi connectivity index (χ0n) is 25.5. The largest absolute Gasteiger partial charge is 0.444 e. The van der Waals surface area contributed by atoms with Crippen LogP contribution in [-0.4, -0.2) is 50.0 Å². The first-order valence-corrected chi connectivity index (χ1v) is 15.5. The predicted octanol–water partition coefficient (Wildman–Crippen LogP) is 6.50. The van der Waals surface area contributed by atoms with Gasteiger partial charge < -0.3 is 20.5 Å². The highest BCUT2D eigenvalue weighted by Crippen LogP contribution is 2.40. The number of ether oxygens (including phenoxy) is 1. The molecule has 11 heteroatoms. The Kier molecular flexibility index (Phi) is 9.11. The van der Waals surface area contributed by atoms with Gasteiger partial charge >= 0.3 is 6.09 Å². The molecule has 1 aliphatic heterocycles. The van der Waals surface area contributed by atoms with Crippen LogP contribution in [0.25, 0.3) is 5.00 Å². The number of amides is 1. The number of carbonyl (C=O) groups excluding carboxylic acids is 1. The van der Waals surface area contributed by atoms with Crippen molar-refractivity contribution in [2.45, 2.75) is 65.8 Å². The van der Waals surface area contributed by atoms with Crippen molar-refractivity contribution in [3.05, 3.63) is 92.3 Å². The number of aliphatic imine (C=N–C) groups is 1. The SMILES string of the molecule is Cc1sc2c(c1C)C(c1ccc(Cl)cc1)=N[C@@H](CC(O)Nc1ccc(C#CCNC(=O)OC(C)(C)C)cc1)c1nnc(C)n1-2. The summed E-state index contributed by atoms with van der Waals surface area (Å²) in [5.41, 5.74) is 4.92. The molecule has 9 nitrogen and oxygen atoms in total. The summed E-state index contributed by atoms with van der Waals surface area (Å²) in [6.45, 7) is 11.7. The van der Waals surface area contributed by atoms with Gasteiger partial charge in [-0.3, -0.25) is 9.56 Å². The number of nitrogens with one attached hydrogen (secondary N) is 2. The van der Waals surface area contributed by atoms with Crippen LogP contribution in [0.2, 0.25) is 5.02 Å². The van der Waals surface area contributed by atoms with Crippen LogP contribution < -0.4 is 10.6 Å². The fourth-order valence-electron chi connectivity index (χ4n) is 4.84. The lowest BCUT2D eigenvalue weighted by Crippen LogP contribution is -2.32. The summed E-state index contributed by atoms with van der Waals surface area (Å²) in [6.07, 6.45) is -1.16. The summed E-state index contributed by atoms with van der Waals surface area (Å²) in [5.74, 6) is 7.37. The highest BCUT2D eigenvalue weighted by Gasteiger charge is 2.32. The number of aliphatic hydroxyl groups excluding tert-OH is 1. The van der Waals surface area contributed by atoms with Crippen LogP contribution in [0.1, 0.15) is 72.0 Å². The number of aromatic nitrogens is 3. The summed E-state index contributed by atoms with van der Waals surface area (Å²) in [7, 11) is 0. The molecule has 5 rings (SSSR count). The number of aliphatic hydroxyl groups is 1. The number of halogens is 1. The number of alkyl carbamates (subject to hydrolysis) is 1. The molecule has 0 bridgehead atoms. The Morgan fingerprint density at radius 3 is 2.50 bits per heavy atom. The monoisotopic (exact) mass is 630 g/mol. The summed E-state index contributed by atoms with van der Waals surface area (Å²) in [6, 6.07) is 14.6. The van der Waals surface area contributed by atoms with E-state index in [0.29, 0.717) is 10.8 Å². The third-order valence-electron chi connectivity index (χ3n) is 6.97. The molecule has 0 saturated heterocycles. The number of rotatable bonds is 6. The van der Waals surface area contributed by atoms with Crippen molar-refractivity contribution in [2.24, 2.45) is 4.99 Å². The summed E-state index contributed by atoms with van der Waals surface area (Å²) in [4.78, 5) is 18.2. The van der Waals surface area contributed by atoms with Gasteiger partial charge in [0.2, 0.25) is 0 Å². The molecule has 4 aromatic rings. The Hall–Kier alpha value is -4.17. The molecule has 2 aromatic carbocycles. The highest BCUT2D eigenvalue weighted by atomic mass is 35.5. The van der Waals surface area contributed by atoms with E-state index in [1.54, 1.807) is 32.1 Å². The number of thiophene rings is 1. The Morgan fingerprint density at radius 1 is 1.11 bits per heavy atom. The van der Waals surface area contributed by atoms with Crippen LogP contribution >= 0.6 is 22.9 Å². The first-order chi connectivity index (χ1) is 20.9. The molecule has 2 aromatic heterocycles. The van der Waals surface area contributed by atoms with Gasteiger partial charge in [-0.05, 0) is 83.5 Å². The van der Waals surface area contributed by atoms with Crippen molar-refractivity contribution < 1.29 is 14.6 Å². The number of anilines is 1. The zero-order valence-corrected chi connectivity index (χ0v) is 27.1. The molecular weight excluding hydrogens is 596 g/mol. The predicted molar refractivity (Wildman–Crippen MR) is 175 cm³/mol. The molecular formula is C33H35ClN6O3S. The van der Waals surface area contributed by atoms with Crippen LogP contribution in [-0.2, 0) is 4.74 Å². The van der Waals surface area contributed by atoms with Crippen LogP contribution in [0.15, 0.2) is 53.5 Å². The molecule has 0 fully saturated rings. The number of hydrogen-bond acceptors (Lipinski definition) is 8. The average molecular weight is 631 g/mol. The topological polar surface area (TPSA) is 114 Å². The van der Waals surface area contributed by atoms with E-state index in [4.69, 9.17) is 21.3 Å². The third-order valence-corrected chi connectivity index (χ3v) is 8.42. The second-order valence-electron chi connectivity index (χ2n) is 11.5. The lowest BCUT2D eigenvalue weighted by molar-refractivity contribution is 0.0535. The molecule has 0 spiro atoms. The molecule has 1 unspecified atom stereocenters. The fourth-order valence-corrected chi connectivity index (χ4v) is 6.18. The van der Waals surface area contributed by atoms with Crippen LogP contribution in [0.5, 0.6) is 0 Å².